The highest BCUT2D eigenvalue weighted by atomic mass is 35.5. The number of nitrogens with zero attached hydrogens (tertiary/aromatic N) is 1. The molecule has 0 bridgehead atoms. The number of hydrogen-bond acceptors (Lipinski definition) is 2. The van der Waals surface area contributed by atoms with E-state index in [0.29, 0.717) is 23.1 Å². The molecule has 6 heteroatoms. The van der Waals surface area contributed by atoms with E-state index in [9.17, 15) is 9.59 Å². The van der Waals surface area contributed by atoms with Gasteiger partial charge in [-0.15, -0.1) is 0 Å². The van der Waals surface area contributed by atoms with Crippen molar-refractivity contribution in [3.05, 3.63) is 69.7 Å². The average molecular weight is 407 g/mol. The van der Waals surface area contributed by atoms with E-state index in [1.165, 1.54) is 0 Å². The molecule has 1 N–H and O–H groups in total. The van der Waals surface area contributed by atoms with Gasteiger partial charge < -0.3 is 10.2 Å². The van der Waals surface area contributed by atoms with E-state index >= 15 is 0 Å². The van der Waals surface area contributed by atoms with Gasteiger partial charge in [0.15, 0.2) is 0 Å². The third kappa shape index (κ3) is 6.56. The van der Waals surface area contributed by atoms with E-state index < -0.39 is 6.04 Å². The van der Waals surface area contributed by atoms with E-state index in [1.807, 2.05) is 31.2 Å². The molecule has 2 aromatic carbocycles. The van der Waals surface area contributed by atoms with Crippen LogP contribution in [0.4, 0.5) is 0 Å². The van der Waals surface area contributed by atoms with Crippen molar-refractivity contribution in [2.75, 3.05) is 6.54 Å². The first-order chi connectivity index (χ1) is 12.9. The lowest BCUT2D eigenvalue weighted by atomic mass is 10.1. The second kappa shape index (κ2) is 10.3. The van der Waals surface area contributed by atoms with Crippen molar-refractivity contribution < 1.29 is 9.59 Å². The molecule has 0 fully saturated rings. The van der Waals surface area contributed by atoms with Gasteiger partial charge in [-0.05, 0) is 48.7 Å². The van der Waals surface area contributed by atoms with E-state index in [1.54, 1.807) is 36.1 Å². The quantitative estimate of drug-likeness (QED) is 0.702. The van der Waals surface area contributed by atoms with Crippen LogP contribution in [0.5, 0.6) is 0 Å². The van der Waals surface area contributed by atoms with E-state index in [-0.39, 0.29) is 18.2 Å². The van der Waals surface area contributed by atoms with Gasteiger partial charge in [0.05, 0.1) is 6.42 Å². The summed E-state index contributed by atoms with van der Waals surface area (Å²) >= 11 is 11.9. The average Bonchev–Trinajstić information content (AvgIpc) is 2.66. The van der Waals surface area contributed by atoms with Gasteiger partial charge in [-0.2, -0.15) is 0 Å². The van der Waals surface area contributed by atoms with Crippen LogP contribution < -0.4 is 5.32 Å². The Bertz CT molecular complexity index is 761. The minimum atomic E-state index is -0.577. The van der Waals surface area contributed by atoms with Crippen LogP contribution in [-0.2, 0) is 22.6 Å². The molecule has 0 saturated heterocycles. The predicted octanol–water partition coefficient (Wildman–Crippen LogP) is 4.48. The van der Waals surface area contributed by atoms with Gasteiger partial charge in [-0.25, -0.2) is 0 Å². The SMILES string of the molecule is CCCNC(=O)[C@H](C)N(Cc1ccc(Cl)cc1)C(=O)Cc1ccc(Cl)cc1. The van der Waals surface area contributed by atoms with E-state index in [2.05, 4.69) is 5.32 Å². The Labute approximate surface area is 170 Å². The molecule has 2 aromatic rings. The predicted molar refractivity (Wildman–Crippen MR) is 110 cm³/mol. The summed E-state index contributed by atoms with van der Waals surface area (Å²) in [5.74, 6) is -0.276. The van der Waals surface area contributed by atoms with Gasteiger partial charge in [0.1, 0.15) is 6.04 Å². The number of rotatable bonds is 8. The first kappa shape index (κ1) is 21.3. The van der Waals surface area contributed by atoms with Crippen molar-refractivity contribution in [1.29, 1.82) is 0 Å². The van der Waals surface area contributed by atoms with Gasteiger partial charge >= 0.3 is 0 Å². The molecular formula is C21H24Cl2N2O2. The lowest BCUT2D eigenvalue weighted by molar-refractivity contribution is -0.140. The zero-order valence-corrected chi connectivity index (χ0v) is 17.1. The molecule has 144 valence electrons. The third-order valence-electron chi connectivity index (χ3n) is 4.25. The molecule has 27 heavy (non-hydrogen) atoms. The first-order valence-corrected chi connectivity index (χ1v) is 9.72. The minimum absolute atomic E-state index is 0.119. The second-order valence-corrected chi connectivity index (χ2v) is 7.29. The van der Waals surface area contributed by atoms with Gasteiger partial charge in [0, 0.05) is 23.1 Å². The van der Waals surface area contributed by atoms with Crippen LogP contribution in [0.2, 0.25) is 10.0 Å². The zero-order chi connectivity index (χ0) is 19.8. The first-order valence-electron chi connectivity index (χ1n) is 8.96. The lowest BCUT2D eigenvalue weighted by Gasteiger charge is -2.29. The van der Waals surface area contributed by atoms with Crippen LogP contribution in [0.1, 0.15) is 31.4 Å². The summed E-state index contributed by atoms with van der Waals surface area (Å²) in [7, 11) is 0. The van der Waals surface area contributed by atoms with Crippen molar-refractivity contribution in [1.82, 2.24) is 10.2 Å². The highest BCUT2D eigenvalue weighted by molar-refractivity contribution is 6.30. The molecule has 0 aliphatic carbocycles. The van der Waals surface area contributed by atoms with Crippen LogP contribution in [0.15, 0.2) is 48.5 Å². The van der Waals surface area contributed by atoms with E-state index in [4.69, 9.17) is 23.2 Å². The van der Waals surface area contributed by atoms with Crippen molar-refractivity contribution in [3.63, 3.8) is 0 Å². The molecule has 2 amide bonds. The van der Waals surface area contributed by atoms with Crippen LogP contribution in [0.25, 0.3) is 0 Å². The van der Waals surface area contributed by atoms with Crippen molar-refractivity contribution in [3.8, 4) is 0 Å². The summed E-state index contributed by atoms with van der Waals surface area (Å²) in [4.78, 5) is 27.0. The molecule has 2 rings (SSSR count). The maximum absolute atomic E-state index is 13.0. The summed E-state index contributed by atoms with van der Waals surface area (Å²) in [6.45, 7) is 4.66. The summed E-state index contributed by atoms with van der Waals surface area (Å²) < 4.78 is 0. The van der Waals surface area contributed by atoms with Gasteiger partial charge in [0.25, 0.3) is 0 Å². The Morgan fingerprint density at radius 2 is 1.48 bits per heavy atom. The largest absolute Gasteiger partial charge is 0.354 e. The van der Waals surface area contributed by atoms with Gasteiger partial charge in [-0.3, -0.25) is 9.59 Å². The molecule has 0 saturated carbocycles. The molecule has 0 unspecified atom stereocenters. The fourth-order valence-corrected chi connectivity index (χ4v) is 2.90. The molecule has 0 aromatic heterocycles. The smallest absolute Gasteiger partial charge is 0.242 e. The lowest BCUT2D eigenvalue weighted by Crippen LogP contribution is -2.48. The summed E-state index contributed by atoms with van der Waals surface area (Å²) in [5.41, 5.74) is 1.77. The standard InChI is InChI=1S/C21H24Cl2N2O2/c1-3-12-24-21(27)15(2)25(14-17-6-10-19(23)11-7-17)20(26)13-16-4-8-18(22)9-5-16/h4-11,15H,3,12-14H2,1-2H3,(H,24,27)/t15-/m0/s1. The maximum Gasteiger partial charge on any atom is 0.242 e. The molecular weight excluding hydrogens is 383 g/mol. The van der Waals surface area contributed by atoms with Crippen LogP contribution in [0, 0.1) is 0 Å². The zero-order valence-electron chi connectivity index (χ0n) is 15.5. The number of amides is 2. The normalized spacial score (nSPS) is 11.7. The molecule has 0 heterocycles. The molecule has 0 aliphatic heterocycles. The number of hydrogen-bond donors (Lipinski definition) is 1. The summed E-state index contributed by atoms with van der Waals surface area (Å²) in [5, 5.41) is 4.12. The fraction of sp³-hybridized carbons (Fsp3) is 0.333. The second-order valence-electron chi connectivity index (χ2n) is 6.42. The Morgan fingerprint density at radius 1 is 0.963 bits per heavy atom. The molecule has 0 spiro atoms. The molecule has 1 atom stereocenters. The monoisotopic (exact) mass is 406 g/mol. The Kier molecular flexibility index (Phi) is 8.14. The van der Waals surface area contributed by atoms with Crippen LogP contribution in [0.3, 0.4) is 0 Å². The van der Waals surface area contributed by atoms with Crippen LogP contribution >= 0.6 is 23.2 Å². The number of halogens is 2. The Morgan fingerprint density at radius 3 is 2.00 bits per heavy atom. The fourth-order valence-electron chi connectivity index (χ4n) is 2.64. The number of carbonyl (C=O) groups excluding carboxylic acids is 2. The highest BCUT2D eigenvalue weighted by Crippen LogP contribution is 2.16. The number of nitrogens with one attached hydrogen (secondary N) is 1. The van der Waals surface area contributed by atoms with E-state index in [0.717, 1.165) is 17.5 Å². The molecule has 0 radical (unpaired) electrons. The maximum atomic E-state index is 13.0. The molecule has 0 aliphatic rings. The van der Waals surface area contributed by atoms with Gasteiger partial charge in [-0.1, -0.05) is 54.4 Å². The molecule has 4 nitrogen and oxygen atoms in total. The van der Waals surface area contributed by atoms with Gasteiger partial charge in [0.2, 0.25) is 11.8 Å². The van der Waals surface area contributed by atoms with Crippen molar-refractivity contribution >= 4 is 35.0 Å². The highest BCUT2D eigenvalue weighted by Gasteiger charge is 2.26. The Hall–Kier alpha value is -2.04. The third-order valence-corrected chi connectivity index (χ3v) is 4.76. The van der Waals surface area contributed by atoms with Crippen molar-refractivity contribution in [2.24, 2.45) is 0 Å². The van der Waals surface area contributed by atoms with Crippen LogP contribution in [-0.4, -0.2) is 29.3 Å². The van der Waals surface area contributed by atoms with Crippen molar-refractivity contribution in [2.45, 2.75) is 39.3 Å². The Balaban J connectivity index is 2.18. The summed E-state index contributed by atoms with van der Waals surface area (Å²) in [6.07, 6.45) is 1.05. The minimum Gasteiger partial charge on any atom is -0.354 e. The topological polar surface area (TPSA) is 49.4 Å². The summed E-state index contributed by atoms with van der Waals surface area (Å²) in [6, 6.07) is 13.9. The number of benzene rings is 2. The number of carbonyl (C=O) groups is 2.